The van der Waals surface area contributed by atoms with Gasteiger partial charge in [0, 0.05) is 11.5 Å². The van der Waals surface area contributed by atoms with E-state index in [4.69, 9.17) is 0 Å². The molecule has 0 saturated heterocycles. The van der Waals surface area contributed by atoms with E-state index < -0.39 is 5.56 Å². The smallest absolute Gasteiger partial charge is 0.283 e. The van der Waals surface area contributed by atoms with Crippen LogP contribution in [0.5, 0.6) is 0 Å². The van der Waals surface area contributed by atoms with Crippen LogP contribution >= 0.6 is 0 Å². The Bertz CT molecular complexity index is 514. The summed E-state index contributed by atoms with van der Waals surface area (Å²) < 4.78 is 0.669. The highest BCUT2D eigenvalue weighted by Crippen LogP contribution is 2.12. The van der Waals surface area contributed by atoms with Crippen molar-refractivity contribution in [3.8, 4) is 0 Å². The zero-order valence-corrected chi connectivity index (χ0v) is 7.19. The highest BCUT2D eigenvalue weighted by atomic mass is 16.5. The van der Waals surface area contributed by atoms with E-state index in [0.717, 1.165) is 10.9 Å². The minimum absolute atomic E-state index is 0.405. The summed E-state index contributed by atoms with van der Waals surface area (Å²) in [4.78, 5) is 11.1. The normalized spacial score (nSPS) is 10.5. The molecular formula is C10H9NO2. The third-order valence-electron chi connectivity index (χ3n) is 2.03. The maximum Gasteiger partial charge on any atom is 0.283 e. The van der Waals surface area contributed by atoms with Crippen LogP contribution in [0.3, 0.4) is 0 Å². The van der Waals surface area contributed by atoms with Crippen molar-refractivity contribution in [2.45, 2.75) is 6.92 Å². The molecule has 0 aliphatic rings. The van der Waals surface area contributed by atoms with Crippen LogP contribution in [0.1, 0.15) is 5.56 Å². The molecule has 0 bridgehead atoms. The molecule has 0 aliphatic carbocycles. The van der Waals surface area contributed by atoms with Gasteiger partial charge in [-0.25, -0.2) is 0 Å². The molecule has 0 amide bonds. The lowest BCUT2D eigenvalue weighted by atomic mass is 10.1. The van der Waals surface area contributed by atoms with Crippen molar-refractivity contribution in [3.63, 3.8) is 0 Å². The topological polar surface area (TPSA) is 42.2 Å². The molecule has 66 valence electrons. The second-order valence-corrected chi connectivity index (χ2v) is 3.05. The standard InChI is InChI=1S/C10H9NO2/c1-7-2-3-8-4-5-10(12)11(13)9(8)6-7/h2-6,13H,1H3. The minimum atomic E-state index is -0.405. The van der Waals surface area contributed by atoms with E-state index in [0.29, 0.717) is 10.2 Å². The summed E-state index contributed by atoms with van der Waals surface area (Å²) in [6, 6.07) is 8.63. The predicted molar refractivity (Wildman–Crippen MR) is 50.1 cm³/mol. The fourth-order valence-corrected chi connectivity index (χ4v) is 1.33. The molecule has 0 saturated carbocycles. The summed E-state index contributed by atoms with van der Waals surface area (Å²) in [7, 11) is 0. The van der Waals surface area contributed by atoms with Crippen LogP contribution in [-0.2, 0) is 0 Å². The zero-order valence-electron chi connectivity index (χ0n) is 7.19. The Morgan fingerprint density at radius 1 is 1.23 bits per heavy atom. The quantitative estimate of drug-likeness (QED) is 0.617. The fourth-order valence-electron chi connectivity index (χ4n) is 1.33. The number of pyridine rings is 1. The van der Waals surface area contributed by atoms with Gasteiger partial charge in [0.1, 0.15) is 0 Å². The Hall–Kier alpha value is -1.77. The van der Waals surface area contributed by atoms with Crippen molar-refractivity contribution >= 4 is 10.9 Å². The van der Waals surface area contributed by atoms with Crippen molar-refractivity contribution < 1.29 is 5.21 Å². The lowest BCUT2D eigenvalue weighted by Gasteiger charge is -2.02. The molecule has 0 atom stereocenters. The summed E-state index contributed by atoms with van der Waals surface area (Å²) in [6.45, 7) is 1.91. The molecule has 1 heterocycles. The summed E-state index contributed by atoms with van der Waals surface area (Å²) in [5, 5.41) is 10.2. The van der Waals surface area contributed by atoms with Crippen LogP contribution in [0, 0.1) is 6.92 Å². The van der Waals surface area contributed by atoms with E-state index >= 15 is 0 Å². The number of aryl methyl sites for hydroxylation is 1. The molecule has 1 aromatic carbocycles. The van der Waals surface area contributed by atoms with Gasteiger partial charge in [-0.05, 0) is 24.6 Å². The van der Waals surface area contributed by atoms with Gasteiger partial charge in [0.2, 0.25) is 0 Å². The maximum atomic E-state index is 11.1. The SMILES string of the molecule is Cc1ccc2ccc(=O)n(O)c2c1. The highest BCUT2D eigenvalue weighted by Gasteiger charge is 1.99. The minimum Gasteiger partial charge on any atom is -0.425 e. The van der Waals surface area contributed by atoms with Gasteiger partial charge in [-0.15, -0.1) is 4.73 Å². The van der Waals surface area contributed by atoms with E-state index in [1.807, 2.05) is 19.1 Å². The van der Waals surface area contributed by atoms with Crippen molar-refractivity contribution in [2.75, 3.05) is 0 Å². The van der Waals surface area contributed by atoms with Gasteiger partial charge in [0.05, 0.1) is 5.52 Å². The first-order valence-electron chi connectivity index (χ1n) is 4.00. The number of fused-ring (bicyclic) bond motifs is 1. The predicted octanol–water partition coefficient (Wildman–Crippen LogP) is 1.55. The molecule has 2 rings (SSSR count). The monoisotopic (exact) mass is 175 g/mol. The van der Waals surface area contributed by atoms with Gasteiger partial charge in [0.25, 0.3) is 5.56 Å². The first-order chi connectivity index (χ1) is 6.18. The largest absolute Gasteiger partial charge is 0.425 e. The van der Waals surface area contributed by atoms with Crippen LogP contribution in [0.2, 0.25) is 0 Å². The van der Waals surface area contributed by atoms with E-state index in [2.05, 4.69) is 0 Å². The van der Waals surface area contributed by atoms with Crippen LogP contribution in [-0.4, -0.2) is 9.94 Å². The number of nitrogens with zero attached hydrogens (tertiary/aromatic N) is 1. The Morgan fingerprint density at radius 3 is 2.69 bits per heavy atom. The Kier molecular flexibility index (Phi) is 1.59. The average molecular weight is 175 g/mol. The van der Waals surface area contributed by atoms with Crippen LogP contribution in [0.15, 0.2) is 35.1 Å². The maximum absolute atomic E-state index is 11.1. The Labute approximate surface area is 74.8 Å². The van der Waals surface area contributed by atoms with E-state index in [9.17, 15) is 10.0 Å². The van der Waals surface area contributed by atoms with E-state index in [1.165, 1.54) is 6.07 Å². The molecule has 0 radical (unpaired) electrons. The lowest BCUT2D eigenvalue weighted by Crippen LogP contribution is -2.16. The Balaban J connectivity index is 2.97. The van der Waals surface area contributed by atoms with Crippen LogP contribution in [0.25, 0.3) is 10.9 Å². The third kappa shape index (κ3) is 1.18. The number of aromatic nitrogens is 1. The van der Waals surface area contributed by atoms with Crippen LogP contribution < -0.4 is 5.56 Å². The second-order valence-electron chi connectivity index (χ2n) is 3.05. The zero-order chi connectivity index (χ0) is 9.42. The fraction of sp³-hybridized carbons (Fsp3) is 0.100. The molecule has 3 nitrogen and oxygen atoms in total. The van der Waals surface area contributed by atoms with Crippen molar-refractivity contribution in [1.82, 2.24) is 4.73 Å². The van der Waals surface area contributed by atoms with Gasteiger partial charge in [0.15, 0.2) is 0 Å². The molecule has 13 heavy (non-hydrogen) atoms. The van der Waals surface area contributed by atoms with Crippen molar-refractivity contribution in [3.05, 3.63) is 46.2 Å². The molecule has 2 aromatic rings. The van der Waals surface area contributed by atoms with E-state index in [1.54, 1.807) is 12.1 Å². The van der Waals surface area contributed by atoms with Gasteiger partial charge in [-0.1, -0.05) is 12.1 Å². The molecule has 0 aliphatic heterocycles. The summed E-state index contributed by atoms with van der Waals surface area (Å²) in [5.74, 6) is 0. The average Bonchev–Trinajstić information content (AvgIpc) is 2.12. The number of benzene rings is 1. The number of rotatable bonds is 0. The van der Waals surface area contributed by atoms with Gasteiger partial charge < -0.3 is 5.21 Å². The number of hydrogen-bond acceptors (Lipinski definition) is 2. The van der Waals surface area contributed by atoms with Gasteiger partial charge >= 0.3 is 0 Å². The molecular weight excluding hydrogens is 166 g/mol. The first kappa shape index (κ1) is 7.86. The van der Waals surface area contributed by atoms with Gasteiger partial charge in [-0.3, -0.25) is 4.79 Å². The molecule has 0 spiro atoms. The highest BCUT2D eigenvalue weighted by molar-refractivity contribution is 5.79. The summed E-state index contributed by atoms with van der Waals surface area (Å²) >= 11 is 0. The second kappa shape index (κ2) is 2.62. The van der Waals surface area contributed by atoms with Crippen molar-refractivity contribution in [1.29, 1.82) is 0 Å². The summed E-state index contributed by atoms with van der Waals surface area (Å²) in [5.41, 5.74) is 1.16. The van der Waals surface area contributed by atoms with E-state index in [-0.39, 0.29) is 0 Å². The molecule has 3 heteroatoms. The lowest BCUT2D eigenvalue weighted by molar-refractivity contribution is 0.188. The van der Waals surface area contributed by atoms with Crippen molar-refractivity contribution in [2.24, 2.45) is 0 Å². The first-order valence-corrected chi connectivity index (χ1v) is 4.00. The molecule has 0 fully saturated rings. The molecule has 1 aromatic heterocycles. The van der Waals surface area contributed by atoms with Gasteiger partial charge in [-0.2, -0.15) is 0 Å². The Morgan fingerprint density at radius 2 is 1.92 bits per heavy atom. The molecule has 1 N–H and O–H groups in total. The third-order valence-corrected chi connectivity index (χ3v) is 2.03. The van der Waals surface area contributed by atoms with Crippen LogP contribution in [0.4, 0.5) is 0 Å². The molecule has 0 unspecified atom stereocenters. The number of hydrogen-bond donors (Lipinski definition) is 1. The summed E-state index contributed by atoms with van der Waals surface area (Å²) in [6.07, 6.45) is 0.